The first kappa shape index (κ1) is 16.2. The molecule has 1 aliphatic heterocycles. The summed E-state index contributed by atoms with van der Waals surface area (Å²) >= 11 is 12.1. The Morgan fingerprint density at radius 2 is 1.72 bits per heavy atom. The molecule has 0 aliphatic carbocycles. The van der Waals surface area contributed by atoms with Gasteiger partial charge in [-0.25, -0.2) is 0 Å². The van der Waals surface area contributed by atoms with Crippen LogP contribution in [-0.2, 0) is 10.0 Å². The first-order chi connectivity index (χ1) is 11.9. The van der Waals surface area contributed by atoms with Gasteiger partial charge in [-0.05, 0) is 42.5 Å². The Hall–Kier alpha value is -2.28. The lowest BCUT2D eigenvalue weighted by molar-refractivity contribution is 0.570. The van der Waals surface area contributed by atoms with Crippen LogP contribution in [0.15, 0.2) is 68.3 Å². The number of furan rings is 1. The van der Waals surface area contributed by atoms with Crippen LogP contribution in [-0.4, -0.2) is 14.3 Å². The molecule has 0 unspecified atom stereocenters. The number of hydrogen-bond donors (Lipinski definition) is 1. The molecule has 2 aromatic carbocycles. The van der Waals surface area contributed by atoms with Gasteiger partial charge in [0.05, 0.1) is 10.7 Å². The number of nitrogens with zero attached hydrogens (tertiary/aromatic N) is 1. The highest BCUT2D eigenvalue weighted by molar-refractivity contribution is 7.90. The van der Waals surface area contributed by atoms with Crippen molar-refractivity contribution in [2.45, 2.75) is 4.90 Å². The molecule has 1 aliphatic rings. The topological polar surface area (TPSA) is 71.7 Å². The lowest BCUT2D eigenvalue weighted by Gasteiger charge is -2.16. The molecule has 1 N–H and O–H groups in total. The van der Waals surface area contributed by atoms with Crippen molar-refractivity contribution in [3.63, 3.8) is 0 Å². The van der Waals surface area contributed by atoms with E-state index < -0.39 is 10.0 Å². The van der Waals surface area contributed by atoms with Gasteiger partial charge < -0.3 is 9.73 Å². The maximum Gasteiger partial charge on any atom is 0.286 e. The third kappa shape index (κ3) is 2.93. The van der Waals surface area contributed by atoms with E-state index >= 15 is 0 Å². The number of nitrogens with one attached hydrogen (secondary N) is 1. The third-order valence-electron chi connectivity index (χ3n) is 3.67. The Kier molecular flexibility index (Phi) is 3.83. The number of fused-ring (bicyclic) bond motifs is 1. The van der Waals surface area contributed by atoms with Gasteiger partial charge >= 0.3 is 0 Å². The van der Waals surface area contributed by atoms with E-state index in [4.69, 9.17) is 27.6 Å². The molecular formula is C17H10Cl2N2O3S. The van der Waals surface area contributed by atoms with Crippen LogP contribution in [0.25, 0.3) is 11.3 Å². The summed E-state index contributed by atoms with van der Waals surface area (Å²) < 4.78 is 34.2. The highest BCUT2D eigenvalue weighted by Gasteiger charge is 2.26. The van der Waals surface area contributed by atoms with Gasteiger partial charge in [-0.15, -0.1) is 4.40 Å². The molecule has 3 aromatic rings. The van der Waals surface area contributed by atoms with Crippen molar-refractivity contribution in [3.8, 4) is 11.3 Å². The highest BCUT2D eigenvalue weighted by atomic mass is 35.5. The third-order valence-corrected chi connectivity index (χ3v) is 5.55. The van der Waals surface area contributed by atoms with Crippen molar-refractivity contribution >= 4 is 44.7 Å². The maximum absolute atomic E-state index is 12.3. The molecule has 2 heterocycles. The summed E-state index contributed by atoms with van der Waals surface area (Å²) in [5.74, 6) is 0.895. The van der Waals surface area contributed by atoms with Gasteiger partial charge in [0, 0.05) is 10.6 Å². The van der Waals surface area contributed by atoms with Gasteiger partial charge in [-0.2, -0.15) is 8.42 Å². The molecule has 0 spiro atoms. The minimum Gasteiger partial charge on any atom is -0.453 e. The summed E-state index contributed by atoms with van der Waals surface area (Å²) in [6.07, 6.45) is 0. The van der Waals surface area contributed by atoms with Crippen LogP contribution in [0.1, 0.15) is 5.76 Å². The Morgan fingerprint density at radius 1 is 0.960 bits per heavy atom. The molecule has 0 radical (unpaired) electrons. The van der Waals surface area contributed by atoms with Gasteiger partial charge in [-0.1, -0.05) is 35.3 Å². The summed E-state index contributed by atoms with van der Waals surface area (Å²) in [6, 6.07) is 14.9. The van der Waals surface area contributed by atoms with Crippen molar-refractivity contribution in [2.24, 2.45) is 4.40 Å². The van der Waals surface area contributed by atoms with Gasteiger partial charge in [0.15, 0.2) is 11.6 Å². The van der Waals surface area contributed by atoms with Crippen molar-refractivity contribution in [2.75, 3.05) is 5.32 Å². The first-order valence-corrected chi connectivity index (χ1v) is 9.40. The van der Waals surface area contributed by atoms with Crippen LogP contribution in [0.3, 0.4) is 0 Å². The molecule has 0 saturated carbocycles. The van der Waals surface area contributed by atoms with E-state index in [1.165, 1.54) is 6.07 Å². The molecule has 4 rings (SSSR count). The normalized spacial score (nSPS) is 15.2. The molecule has 0 atom stereocenters. The van der Waals surface area contributed by atoms with E-state index in [1.807, 2.05) is 0 Å². The lowest BCUT2D eigenvalue weighted by Crippen LogP contribution is -2.21. The molecular weight excluding hydrogens is 383 g/mol. The molecule has 0 fully saturated rings. The molecule has 1 aromatic heterocycles. The van der Waals surface area contributed by atoms with Crippen molar-refractivity contribution < 1.29 is 12.8 Å². The maximum atomic E-state index is 12.3. The van der Waals surface area contributed by atoms with Crippen LogP contribution in [0.5, 0.6) is 0 Å². The summed E-state index contributed by atoms with van der Waals surface area (Å²) in [7, 11) is -3.79. The molecule has 0 bridgehead atoms. The number of para-hydroxylation sites is 1. The number of sulfonamides is 1. The van der Waals surface area contributed by atoms with Crippen LogP contribution in [0, 0.1) is 0 Å². The van der Waals surface area contributed by atoms with E-state index in [0.29, 0.717) is 32.8 Å². The molecule has 8 heteroatoms. The average Bonchev–Trinajstić information content (AvgIpc) is 3.04. The second-order valence-corrected chi connectivity index (χ2v) is 7.74. The number of benzene rings is 2. The number of anilines is 1. The quantitative estimate of drug-likeness (QED) is 0.678. The number of amidine groups is 1. The zero-order chi connectivity index (χ0) is 17.6. The van der Waals surface area contributed by atoms with E-state index in [0.717, 1.165) is 0 Å². The summed E-state index contributed by atoms with van der Waals surface area (Å²) in [5.41, 5.74) is 1.10. The number of halogens is 2. The SMILES string of the molecule is O=S1(=O)N=C(c2ccc(-c3ccc(Cl)cc3Cl)o2)Nc2ccccc21. The predicted octanol–water partition coefficient (Wildman–Crippen LogP) is 4.81. The highest BCUT2D eigenvalue weighted by Crippen LogP contribution is 2.33. The average molecular weight is 393 g/mol. The van der Waals surface area contributed by atoms with E-state index in [1.54, 1.807) is 48.5 Å². The van der Waals surface area contributed by atoms with E-state index in [2.05, 4.69) is 9.71 Å². The van der Waals surface area contributed by atoms with Gasteiger partial charge in [0.1, 0.15) is 10.7 Å². The molecule has 0 amide bonds. The Labute approximate surface area is 154 Å². The fraction of sp³-hybridized carbons (Fsp3) is 0. The van der Waals surface area contributed by atoms with E-state index in [9.17, 15) is 8.42 Å². The molecule has 126 valence electrons. The van der Waals surface area contributed by atoms with Crippen molar-refractivity contribution in [1.82, 2.24) is 0 Å². The molecule has 0 saturated heterocycles. The van der Waals surface area contributed by atoms with Crippen LogP contribution >= 0.6 is 23.2 Å². The summed E-state index contributed by atoms with van der Waals surface area (Å²) in [5, 5.41) is 3.93. The zero-order valence-electron chi connectivity index (χ0n) is 12.5. The van der Waals surface area contributed by atoms with Gasteiger partial charge in [0.2, 0.25) is 0 Å². The van der Waals surface area contributed by atoms with Crippen LogP contribution in [0.2, 0.25) is 10.0 Å². The smallest absolute Gasteiger partial charge is 0.286 e. The fourth-order valence-electron chi connectivity index (χ4n) is 2.52. The minimum atomic E-state index is -3.79. The van der Waals surface area contributed by atoms with Crippen LogP contribution < -0.4 is 5.32 Å². The Balaban J connectivity index is 1.75. The molecule has 25 heavy (non-hydrogen) atoms. The first-order valence-electron chi connectivity index (χ1n) is 7.21. The predicted molar refractivity (Wildman–Crippen MR) is 98.0 cm³/mol. The molecule has 5 nitrogen and oxygen atoms in total. The van der Waals surface area contributed by atoms with Crippen molar-refractivity contribution in [3.05, 3.63) is 70.4 Å². The number of rotatable bonds is 2. The number of hydrogen-bond acceptors (Lipinski definition) is 4. The minimum absolute atomic E-state index is 0.120. The monoisotopic (exact) mass is 392 g/mol. The second-order valence-electron chi connectivity index (χ2n) is 5.32. The van der Waals surface area contributed by atoms with Crippen molar-refractivity contribution in [1.29, 1.82) is 0 Å². The standard InChI is InChI=1S/C17H10Cl2N2O3S/c18-10-5-6-11(12(19)9-10)14-7-8-15(24-14)17-20-13-3-1-2-4-16(13)25(22,23)21-17/h1-9H,(H,20,21). The van der Waals surface area contributed by atoms with E-state index in [-0.39, 0.29) is 10.7 Å². The zero-order valence-corrected chi connectivity index (χ0v) is 14.9. The summed E-state index contributed by atoms with van der Waals surface area (Å²) in [4.78, 5) is 0.131. The lowest BCUT2D eigenvalue weighted by atomic mass is 10.2. The summed E-state index contributed by atoms with van der Waals surface area (Å²) in [6.45, 7) is 0. The Bertz CT molecular complexity index is 1120. The van der Waals surface area contributed by atoms with Crippen LogP contribution in [0.4, 0.5) is 5.69 Å². The second kappa shape index (κ2) is 5.91. The van der Waals surface area contributed by atoms with Gasteiger partial charge in [0.25, 0.3) is 10.0 Å². The van der Waals surface area contributed by atoms with Gasteiger partial charge in [-0.3, -0.25) is 0 Å². The largest absolute Gasteiger partial charge is 0.453 e. The Morgan fingerprint density at radius 3 is 2.52 bits per heavy atom. The fourth-order valence-corrected chi connectivity index (χ4v) is 4.14.